The lowest BCUT2D eigenvalue weighted by molar-refractivity contribution is 0.102. The van der Waals surface area contributed by atoms with Crippen LogP contribution in [0.5, 0.6) is 0 Å². The standard InChI is InChI=1S/C12H9FO2S/c13-10-2-1-3-11(6-10)16-8-12(14)9-4-5-15-7-9/h1-7H,8H2. The molecule has 1 heterocycles. The van der Waals surface area contributed by atoms with Crippen LogP contribution in [0.25, 0.3) is 0 Å². The van der Waals surface area contributed by atoms with Crippen LogP contribution in [0.4, 0.5) is 4.39 Å². The van der Waals surface area contributed by atoms with E-state index in [9.17, 15) is 9.18 Å². The van der Waals surface area contributed by atoms with Crippen LogP contribution in [-0.2, 0) is 0 Å². The summed E-state index contributed by atoms with van der Waals surface area (Å²) in [5.41, 5.74) is 0.545. The van der Waals surface area contributed by atoms with E-state index in [0.29, 0.717) is 5.56 Å². The fourth-order valence-corrected chi connectivity index (χ4v) is 2.05. The third-order valence-corrected chi connectivity index (χ3v) is 3.00. The average Bonchev–Trinajstić information content (AvgIpc) is 2.79. The molecule has 0 saturated heterocycles. The molecule has 0 bridgehead atoms. The predicted octanol–water partition coefficient (Wildman–Crippen LogP) is 3.39. The van der Waals surface area contributed by atoms with Crippen molar-refractivity contribution in [2.24, 2.45) is 0 Å². The van der Waals surface area contributed by atoms with Gasteiger partial charge in [-0.05, 0) is 24.3 Å². The Kier molecular flexibility index (Phi) is 3.41. The van der Waals surface area contributed by atoms with Gasteiger partial charge in [0.25, 0.3) is 0 Å². The molecular weight excluding hydrogens is 227 g/mol. The second-order valence-electron chi connectivity index (χ2n) is 3.18. The molecule has 0 unspecified atom stereocenters. The summed E-state index contributed by atoms with van der Waals surface area (Å²) in [6.45, 7) is 0. The van der Waals surface area contributed by atoms with Crippen LogP contribution in [-0.4, -0.2) is 11.5 Å². The molecule has 0 radical (unpaired) electrons. The maximum absolute atomic E-state index is 12.9. The number of halogens is 1. The van der Waals surface area contributed by atoms with Gasteiger partial charge in [-0.3, -0.25) is 4.79 Å². The minimum absolute atomic E-state index is 0.0250. The third-order valence-electron chi connectivity index (χ3n) is 2.01. The SMILES string of the molecule is O=C(CSc1cccc(F)c1)c1ccoc1. The van der Waals surface area contributed by atoms with Crippen molar-refractivity contribution in [2.75, 3.05) is 5.75 Å². The lowest BCUT2D eigenvalue weighted by Crippen LogP contribution is -2.00. The maximum atomic E-state index is 12.9. The van der Waals surface area contributed by atoms with Crippen LogP contribution in [0.2, 0.25) is 0 Å². The molecule has 1 aromatic carbocycles. The summed E-state index contributed by atoms with van der Waals surface area (Å²) in [5, 5.41) is 0. The summed E-state index contributed by atoms with van der Waals surface area (Å²) in [4.78, 5) is 12.3. The summed E-state index contributed by atoms with van der Waals surface area (Å²) < 4.78 is 17.7. The van der Waals surface area contributed by atoms with Crippen molar-refractivity contribution in [1.29, 1.82) is 0 Å². The van der Waals surface area contributed by atoms with E-state index in [1.807, 2.05) is 0 Å². The summed E-state index contributed by atoms with van der Waals surface area (Å²) in [6.07, 6.45) is 2.87. The third kappa shape index (κ3) is 2.73. The lowest BCUT2D eigenvalue weighted by atomic mass is 10.2. The predicted molar refractivity (Wildman–Crippen MR) is 60.2 cm³/mol. The van der Waals surface area contributed by atoms with E-state index in [4.69, 9.17) is 4.42 Å². The van der Waals surface area contributed by atoms with Crippen molar-refractivity contribution >= 4 is 17.5 Å². The highest BCUT2D eigenvalue weighted by Crippen LogP contribution is 2.19. The number of thioether (sulfide) groups is 1. The number of rotatable bonds is 4. The van der Waals surface area contributed by atoms with Gasteiger partial charge in [0.2, 0.25) is 0 Å². The van der Waals surface area contributed by atoms with E-state index in [1.54, 1.807) is 18.2 Å². The molecule has 2 rings (SSSR count). The number of hydrogen-bond donors (Lipinski definition) is 0. The fraction of sp³-hybridized carbons (Fsp3) is 0.0833. The second-order valence-corrected chi connectivity index (χ2v) is 4.23. The van der Waals surface area contributed by atoms with Gasteiger partial charge in [0.15, 0.2) is 5.78 Å². The number of carbonyl (C=O) groups excluding carboxylic acids is 1. The van der Waals surface area contributed by atoms with Crippen molar-refractivity contribution < 1.29 is 13.6 Å². The smallest absolute Gasteiger partial charge is 0.176 e. The molecule has 0 saturated carbocycles. The van der Waals surface area contributed by atoms with E-state index in [0.717, 1.165) is 4.90 Å². The summed E-state index contributed by atoms with van der Waals surface area (Å²) in [6, 6.07) is 7.81. The van der Waals surface area contributed by atoms with Gasteiger partial charge in [0, 0.05) is 4.90 Å². The minimum atomic E-state index is -0.291. The summed E-state index contributed by atoms with van der Waals surface area (Å²) in [5.74, 6) is -0.0352. The molecule has 0 N–H and O–H groups in total. The first-order valence-electron chi connectivity index (χ1n) is 4.69. The Hall–Kier alpha value is -1.55. The Morgan fingerprint density at radius 2 is 2.25 bits per heavy atom. The first-order valence-corrected chi connectivity index (χ1v) is 5.68. The molecule has 4 heteroatoms. The highest BCUT2D eigenvalue weighted by molar-refractivity contribution is 8.00. The Morgan fingerprint density at radius 1 is 1.38 bits per heavy atom. The Labute approximate surface area is 96.5 Å². The van der Waals surface area contributed by atoms with Crippen molar-refractivity contribution in [3.63, 3.8) is 0 Å². The van der Waals surface area contributed by atoms with E-state index in [-0.39, 0.29) is 17.4 Å². The number of carbonyl (C=O) groups is 1. The largest absolute Gasteiger partial charge is 0.472 e. The number of benzene rings is 1. The van der Waals surface area contributed by atoms with Crippen LogP contribution in [0.3, 0.4) is 0 Å². The van der Waals surface area contributed by atoms with Gasteiger partial charge in [0.05, 0.1) is 17.6 Å². The molecule has 82 valence electrons. The van der Waals surface area contributed by atoms with Crippen molar-refractivity contribution in [1.82, 2.24) is 0 Å². The highest BCUT2D eigenvalue weighted by Gasteiger charge is 2.07. The molecule has 1 aromatic heterocycles. The minimum Gasteiger partial charge on any atom is -0.472 e. The van der Waals surface area contributed by atoms with Gasteiger partial charge in [0.1, 0.15) is 12.1 Å². The molecular formula is C12H9FO2S. The zero-order chi connectivity index (χ0) is 11.4. The molecule has 0 amide bonds. The Balaban J connectivity index is 1.95. The van der Waals surface area contributed by atoms with Crippen LogP contribution < -0.4 is 0 Å². The van der Waals surface area contributed by atoms with Crippen LogP contribution in [0, 0.1) is 5.82 Å². The fourth-order valence-electron chi connectivity index (χ4n) is 1.21. The van der Waals surface area contributed by atoms with Gasteiger partial charge in [-0.2, -0.15) is 0 Å². The van der Waals surface area contributed by atoms with Crippen molar-refractivity contribution in [3.8, 4) is 0 Å². The van der Waals surface area contributed by atoms with E-state index < -0.39 is 0 Å². The molecule has 0 atom stereocenters. The van der Waals surface area contributed by atoms with E-state index in [1.165, 1.54) is 36.4 Å². The van der Waals surface area contributed by atoms with Gasteiger partial charge in [-0.15, -0.1) is 11.8 Å². The summed E-state index contributed by atoms with van der Waals surface area (Å²) in [7, 11) is 0. The van der Waals surface area contributed by atoms with Crippen molar-refractivity contribution in [3.05, 3.63) is 54.2 Å². The zero-order valence-electron chi connectivity index (χ0n) is 8.35. The zero-order valence-corrected chi connectivity index (χ0v) is 9.17. The summed E-state index contributed by atoms with van der Waals surface area (Å²) >= 11 is 1.31. The highest BCUT2D eigenvalue weighted by atomic mass is 32.2. The molecule has 2 nitrogen and oxygen atoms in total. The molecule has 0 aliphatic carbocycles. The van der Waals surface area contributed by atoms with Crippen LogP contribution >= 0.6 is 11.8 Å². The first kappa shape index (κ1) is 11.0. The van der Waals surface area contributed by atoms with Crippen LogP contribution in [0.1, 0.15) is 10.4 Å². The second kappa shape index (κ2) is 4.99. The molecule has 16 heavy (non-hydrogen) atoms. The van der Waals surface area contributed by atoms with E-state index >= 15 is 0 Å². The number of furan rings is 1. The van der Waals surface area contributed by atoms with Gasteiger partial charge < -0.3 is 4.42 Å². The maximum Gasteiger partial charge on any atom is 0.176 e. The normalized spacial score (nSPS) is 10.3. The van der Waals surface area contributed by atoms with Gasteiger partial charge in [-0.25, -0.2) is 4.39 Å². The van der Waals surface area contributed by atoms with Crippen molar-refractivity contribution in [2.45, 2.75) is 4.90 Å². The Bertz CT molecular complexity index is 480. The molecule has 0 spiro atoms. The average molecular weight is 236 g/mol. The van der Waals surface area contributed by atoms with E-state index in [2.05, 4.69) is 0 Å². The molecule has 0 aliphatic rings. The monoisotopic (exact) mass is 236 g/mol. The molecule has 0 aliphatic heterocycles. The first-order chi connectivity index (χ1) is 7.75. The number of hydrogen-bond acceptors (Lipinski definition) is 3. The van der Waals surface area contributed by atoms with Crippen LogP contribution in [0.15, 0.2) is 52.2 Å². The Morgan fingerprint density at radius 3 is 2.94 bits per heavy atom. The number of ketones is 1. The molecule has 0 fully saturated rings. The topological polar surface area (TPSA) is 30.2 Å². The molecule has 2 aromatic rings. The lowest BCUT2D eigenvalue weighted by Gasteiger charge is -1.99. The quantitative estimate of drug-likeness (QED) is 0.602. The van der Waals surface area contributed by atoms with Gasteiger partial charge >= 0.3 is 0 Å². The number of Topliss-reactive ketones (excluding diaryl/α,β-unsaturated/α-hetero) is 1. The van der Waals surface area contributed by atoms with Gasteiger partial charge in [-0.1, -0.05) is 6.07 Å².